The fourth-order valence-corrected chi connectivity index (χ4v) is 4.47. The number of hydrogen-bond donors (Lipinski definition) is 0. The Morgan fingerprint density at radius 2 is 1.33 bits per heavy atom. The molecule has 1 heterocycles. The molecule has 0 radical (unpaired) electrons. The van der Waals surface area contributed by atoms with Gasteiger partial charge >= 0.3 is 0 Å². The second-order valence-corrected chi connectivity index (χ2v) is 7.42. The number of aryl methyl sites for hydroxylation is 3. The van der Waals surface area contributed by atoms with Crippen LogP contribution in [-0.2, 0) is 0 Å². The first-order valence-corrected chi connectivity index (χ1v) is 9.37. The molecule has 0 saturated carbocycles. The zero-order chi connectivity index (χ0) is 18.5. The number of aromatic nitrogens is 2. The molecule has 0 aliphatic carbocycles. The average molecular weight is 350 g/mol. The monoisotopic (exact) mass is 350 g/mol. The van der Waals surface area contributed by atoms with Crippen LogP contribution in [0, 0.1) is 20.8 Å². The minimum absolute atomic E-state index is 1.25. The van der Waals surface area contributed by atoms with Crippen LogP contribution >= 0.6 is 0 Å². The number of nitrogens with zero attached hydrogens (tertiary/aromatic N) is 2. The lowest BCUT2D eigenvalue weighted by molar-refractivity contribution is -0.591. The number of hydrogen-bond acceptors (Lipinski definition) is 0. The first kappa shape index (κ1) is 16.0. The van der Waals surface area contributed by atoms with E-state index in [1.807, 2.05) is 0 Å². The SMILES string of the molecule is Cc1cc(C)c(-n2cc[n+](-[c-]3c4ccccc4c4ccccc43)c2)c(C)c1. The normalized spacial score (nSPS) is 11.5. The van der Waals surface area contributed by atoms with Gasteiger partial charge in [-0.25, -0.2) is 4.57 Å². The van der Waals surface area contributed by atoms with Gasteiger partial charge in [-0.15, -0.1) is 0 Å². The summed E-state index contributed by atoms with van der Waals surface area (Å²) >= 11 is 0. The molecule has 4 aromatic carbocycles. The molecule has 1 aromatic heterocycles. The number of benzene rings is 3. The second-order valence-electron chi connectivity index (χ2n) is 7.42. The van der Waals surface area contributed by atoms with Gasteiger partial charge in [-0.1, -0.05) is 77.0 Å². The van der Waals surface area contributed by atoms with E-state index in [1.54, 1.807) is 0 Å². The topological polar surface area (TPSA) is 8.81 Å². The number of fused-ring (bicyclic) bond motifs is 3. The summed E-state index contributed by atoms with van der Waals surface area (Å²) < 4.78 is 4.49. The Bertz CT molecular complexity index is 1220. The van der Waals surface area contributed by atoms with E-state index in [9.17, 15) is 0 Å². The number of rotatable bonds is 2. The molecule has 0 spiro atoms. The van der Waals surface area contributed by atoms with Crippen molar-refractivity contribution in [2.24, 2.45) is 0 Å². The Morgan fingerprint density at radius 1 is 0.778 bits per heavy atom. The van der Waals surface area contributed by atoms with Crippen LogP contribution in [0.15, 0.2) is 79.4 Å². The lowest BCUT2D eigenvalue weighted by atomic mass is 10.1. The molecule has 5 rings (SSSR count). The van der Waals surface area contributed by atoms with Crippen molar-refractivity contribution in [2.75, 3.05) is 0 Å². The van der Waals surface area contributed by atoms with Crippen LogP contribution in [0.1, 0.15) is 16.7 Å². The van der Waals surface area contributed by atoms with Gasteiger partial charge in [-0.05, 0) is 42.7 Å². The van der Waals surface area contributed by atoms with Gasteiger partial charge in [-0.3, -0.25) is 4.57 Å². The zero-order valence-electron chi connectivity index (χ0n) is 15.9. The van der Waals surface area contributed by atoms with Gasteiger partial charge in [0.15, 0.2) is 0 Å². The highest BCUT2D eigenvalue weighted by atomic mass is 15.1. The summed E-state index contributed by atoms with van der Waals surface area (Å²) in [6.07, 6.45) is 6.51. The molecule has 0 aliphatic heterocycles. The molecule has 132 valence electrons. The van der Waals surface area contributed by atoms with Crippen LogP contribution in [0.4, 0.5) is 0 Å². The molecule has 0 bridgehead atoms. The van der Waals surface area contributed by atoms with Crippen molar-refractivity contribution in [3.63, 3.8) is 0 Å². The second kappa shape index (κ2) is 5.88. The van der Waals surface area contributed by atoms with Crippen molar-refractivity contribution in [3.8, 4) is 11.4 Å². The Morgan fingerprint density at radius 3 is 1.93 bits per heavy atom. The van der Waals surface area contributed by atoms with Crippen LogP contribution in [-0.4, -0.2) is 4.57 Å². The summed E-state index contributed by atoms with van der Waals surface area (Å²) in [6, 6.07) is 21.8. The highest BCUT2D eigenvalue weighted by Gasteiger charge is 2.15. The maximum Gasteiger partial charge on any atom is 0.209 e. The van der Waals surface area contributed by atoms with E-state index in [0.29, 0.717) is 0 Å². The van der Waals surface area contributed by atoms with E-state index >= 15 is 0 Å². The van der Waals surface area contributed by atoms with Crippen molar-refractivity contribution < 1.29 is 4.57 Å². The summed E-state index contributed by atoms with van der Waals surface area (Å²) in [5.74, 6) is 0. The molecule has 0 unspecified atom stereocenters. The lowest BCUT2D eigenvalue weighted by Gasteiger charge is -2.08. The molecule has 27 heavy (non-hydrogen) atoms. The summed E-state index contributed by atoms with van der Waals surface area (Å²) in [4.78, 5) is 0. The molecule has 2 heteroatoms. The predicted octanol–water partition coefficient (Wildman–Crippen LogP) is 5.70. The molecule has 0 N–H and O–H groups in total. The third-order valence-electron chi connectivity index (χ3n) is 5.44. The Kier molecular flexibility index (Phi) is 3.48. The van der Waals surface area contributed by atoms with Gasteiger partial charge in [0.1, 0.15) is 11.9 Å². The first-order valence-electron chi connectivity index (χ1n) is 9.37. The maximum absolute atomic E-state index is 2.25. The van der Waals surface area contributed by atoms with Crippen molar-refractivity contribution >= 4 is 21.5 Å². The van der Waals surface area contributed by atoms with Gasteiger partial charge in [-0.2, -0.15) is 0 Å². The van der Waals surface area contributed by atoms with E-state index < -0.39 is 0 Å². The van der Waals surface area contributed by atoms with Crippen molar-refractivity contribution in [1.82, 2.24) is 4.57 Å². The maximum atomic E-state index is 2.25. The quantitative estimate of drug-likeness (QED) is 0.285. The minimum atomic E-state index is 1.25. The van der Waals surface area contributed by atoms with Crippen LogP contribution in [0.2, 0.25) is 0 Å². The van der Waals surface area contributed by atoms with E-state index in [2.05, 4.69) is 109 Å². The van der Waals surface area contributed by atoms with Crippen LogP contribution in [0.3, 0.4) is 0 Å². The predicted molar refractivity (Wildman–Crippen MR) is 112 cm³/mol. The molecule has 0 atom stereocenters. The van der Waals surface area contributed by atoms with Gasteiger partial charge < -0.3 is 0 Å². The van der Waals surface area contributed by atoms with E-state index in [0.717, 1.165) is 0 Å². The average Bonchev–Trinajstić information content (AvgIpc) is 3.23. The van der Waals surface area contributed by atoms with Gasteiger partial charge in [0, 0.05) is 0 Å². The van der Waals surface area contributed by atoms with Crippen molar-refractivity contribution in [1.29, 1.82) is 0 Å². The van der Waals surface area contributed by atoms with Gasteiger partial charge in [0.2, 0.25) is 6.33 Å². The zero-order valence-corrected chi connectivity index (χ0v) is 15.9. The van der Waals surface area contributed by atoms with Crippen molar-refractivity contribution in [3.05, 3.63) is 96.1 Å². The summed E-state index contributed by atoms with van der Waals surface area (Å²) in [5, 5.41) is 5.20. The molecule has 0 saturated heterocycles. The summed E-state index contributed by atoms with van der Waals surface area (Å²) in [7, 11) is 0. The fourth-order valence-electron chi connectivity index (χ4n) is 4.47. The summed E-state index contributed by atoms with van der Waals surface area (Å²) in [5.41, 5.74) is 6.42. The van der Waals surface area contributed by atoms with E-state index in [-0.39, 0.29) is 0 Å². The minimum Gasteiger partial charge on any atom is -0.271 e. The third kappa shape index (κ3) is 2.41. The molecular formula is C25H22N2. The first-order chi connectivity index (χ1) is 13.1. The molecule has 0 amide bonds. The molecule has 2 nitrogen and oxygen atoms in total. The van der Waals surface area contributed by atoms with Crippen molar-refractivity contribution in [2.45, 2.75) is 20.8 Å². The van der Waals surface area contributed by atoms with Gasteiger partial charge in [0.25, 0.3) is 0 Å². The smallest absolute Gasteiger partial charge is 0.209 e. The van der Waals surface area contributed by atoms with E-state index in [1.165, 1.54) is 49.6 Å². The standard InChI is InChI=1S/C25H22N2/c1-17-14-18(2)24(19(3)15-17)26-12-13-27(16-26)25-22-10-6-4-8-20(22)21-9-5-7-11-23(21)25/h4-16H,1-3H3. The van der Waals surface area contributed by atoms with Crippen LogP contribution in [0.5, 0.6) is 0 Å². The largest absolute Gasteiger partial charge is 0.271 e. The Balaban J connectivity index is 1.76. The Hall–Kier alpha value is -3.26. The highest BCUT2D eigenvalue weighted by molar-refractivity contribution is 6.17. The molecule has 0 fully saturated rings. The van der Waals surface area contributed by atoms with Gasteiger partial charge in [0.05, 0.1) is 11.9 Å². The van der Waals surface area contributed by atoms with E-state index in [4.69, 9.17) is 0 Å². The molecular weight excluding hydrogens is 328 g/mol. The van der Waals surface area contributed by atoms with Crippen LogP contribution in [0.25, 0.3) is 32.9 Å². The third-order valence-corrected chi connectivity index (χ3v) is 5.44. The highest BCUT2D eigenvalue weighted by Crippen LogP contribution is 2.33. The fraction of sp³-hybridized carbons (Fsp3) is 0.120. The van der Waals surface area contributed by atoms with Crippen LogP contribution < -0.4 is 4.57 Å². The lowest BCUT2D eigenvalue weighted by Crippen LogP contribution is -2.27. The molecule has 0 aliphatic rings. The summed E-state index contributed by atoms with van der Waals surface area (Å²) in [6.45, 7) is 6.53. The Labute approximate surface area is 159 Å². The number of imidazole rings is 1. The molecule has 5 aromatic rings.